The van der Waals surface area contributed by atoms with E-state index in [1.54, 1.807) is 11.9 Å². The summed E-state index contributed by atoms with van der Waals surface area (Å²) in [6.07, 6.45) is 3.33. The molecule has 1 aliphatic rings. The van der Waals surface area contributed by atoms with Crippen molar-refractivity contribution in [3.05, 3.63) is 0 Å². The number of carbonyl (C=O) groups is 2. The second kappa shape index (κ2) is 6.59. The maximum absolute atomic E-state index is 12.2. The van der Waals surface area contributed by atoms with E-state index < -0.39 is 0 Å². The van der Waals surface area contributed by atoms with Crippen molar-refractivity contribution >= 4 is 11.8 Å². The van der Waals surface area contributed by atoms with Crippen LogP contribution in [0.15, 0.2) is 0 Å². The molecule has 0 aromatic rings. The first-order valence-electron chi connectivity index (χ1n) is 6.34. The zero-order valence-corrected chi connectivity index (χ0v) is 10.7. The average molecular weight is 241 g/mol. The molecule has 2 atom stereocenters. The lowest BCUT2D eigenvalue weighted by molar-refractivity contribution is -0.141. The van der Waals surface area contributed by atoms with Crippen LogP contribution in [0.2, 0.25) is 0 Å². The molecule has 5 nitrogen and oxygen atoms in total. The molecule has 1 heterocycles. The third-order valence-electron chi connectivity index (χ3n) is 3.35. The predicted octanol–water partition coefficient (Wildman–Crippen LogP) is 0.0984. The molecule has 0 radical (unpaired) electrons. The van der Waals surface area contributed by atoms with Crippen molar-refractivity contribution in [3.63, 3.8) is 0 Å². The van der Waals surface area contributed by atoms with Gasteiger partial charge in [0.15, 0.2) is 0 Å². The zero-order valence-electron chi connectivity index (χ0n) is 10.7. The maximum Gasteiger partial charge on any atom is 0.242 e. The number of rotatable bonds is 5. The number of hydrogen-bond acceptors (Lipinski definition) is 3. The summed E-state index contributed by atoms with van der Waals surface area (Å²) in [5.74, 6) is -0.00442. The Bertz CT molecular complexity index is 281. The number of nitrogens with zero attached hydrogens (tertiary/aromatic N) is 1. The minimum Gasteiger partial charge on any atom is -0.357 e. The Morgan fingerprint density at radius 1 is 1.53 bits per heavy atom. The fourth-order valence-electron chi connectivity index (χ4n) is 2.30. The summed E-state index contributed by atoms with van der Waals surface area (Å²) in [7, 11) is 1.61. The van der Waals surface area contributed by atoms with E-state index in [1.165, 1.54) is 0 Å². The highest BCUT2D eigenvalue weighted by Crippen LogP contribution is 2.21. The van der Waals surface area contributed by atoms with Gasteiger partial charge in [-0.3, -0.25) is 9.59 Å². The first-order valence-corrected chi connectivity index (χ1v) is 6.34. The van der Waals surface area contributed by atoms with Crippen LogP contribution in [0.25, 0.3) is 0 Å². The molecule has 5 heteroatoms. The second-order valence-electron chi connectivity index (χ2n) is 4.64. The molecule has 1 rings (SSSR count). The molecule has 0 aromatic heterocycles. The summed E-state index contributed by atoms with van der Waals surface area (Å²) in [6.45, 7) is 3.22. The van der Waals surface area contributed by atoms with Gasteiger partial charge in [-0.1, -0.05) is 6.92 Å². The summed E-state index contributed by atoms with van der Waals surface area (Å²) in [5, 5.41) is 2.62. The summed E-state index contributed by atoms with van der Waals surface area (Å²) >= 11 is 0. The SMILES string of the molecule is CNC(=O)C1CCCN1C(=O)C(C)CCCN. The molecule has 1 aliphatic heterocycles. The van der Waals surface area contributed by atoms with Crippen LogP contribution in [-0.2, 0) is 9.59 Å². The van der Waals surface area contributed by atoms with Gasteiger partial charge < -0.3 is 16.0 Å². The normalized spacial score (nSPS) is 21.4. The Kier molecular flexibility index (Phi) is 5.41. The number of amides is 2. The molecular weight excluding hydrogens is 218 g/mol. The van der Waals surface area contributed by atoms with Crippen LogP contribution in [0.3, 0.4) is 0 Å². The van der Waals surface area contributed by atoms with Gasteiger partial charge in [-0.15, -0.1) is 0 Å². The molecule has 98 valence electrons. The van der Waals surface area contributed by atoms with E-state index in [0.717, 1.165) is 25.7 Å². The molecular formula is C12H23N3O2. The van der Waals surface area contributed by atoms with Crippen molar-refractivity contribution in [1.82, 2.24) is 10.2 Å². The lowest BCUT2D eigenvalue weighted by Gasteiger charge is -2.26. The van der Waals surface area contributed by atoms with Gasteiger partial charge in [0.05, 0.1) is 0 Å². The Morgan fingerprint density at radius 3 is 2.82 bits per heavy atom. The van der Waals surface area contributed by atoms with Gasteiger partial charge in [0, 0.05) is 19.5 Å². The highest BCUT2D eigenvalue weighted by Gasteiger charge is 2.34. The number of nitrogens with one attached hydrogen (secondary N) is 1. The largest absolute Gasteiger partial charge is 0.357 e. The van der Waals surface area contributed by atoms with Gasteiger partial charge in [-0.05, 0) is 32.2 Å². The molecule has 1 fully saturated rings. The van der Waals surface area contributed by atoms with Crippen molar-refractivity contribution in [1.29, 1.82) is 0 Å². The van der Waals surface area contributed by atoms with Gasteiger partial charge in [-0.25, -0.2) is 0 Å². The topological polar surface area (TPSA) is 75.4 Å². The second-order valence-corrected chi connectivity index (χ2v) is 4.64. The van der Waals surface area contributed by atoms with Crippen molar-refractivity contribution in [3.8, 4) is 0 Å². The van der Waals surface area contributed by atoms with Crippen molar-refractivity contribution in [2.45, 2.75) is 38.6 Å². The van der Waals surface area contributed by atoms with Crippen LogP contribution in [0.4, 0.5) is 0 Å². The summed E-state index contributed by atoms with van der Waals surface area (Å²) < 4.78 is 0. The molecule has 3 N–H and O–H groups in total. The molecule has 0 aliphatic carbocycles. The highest BCUT2D eigenvalue weighted by atomic mass is 16.2. The van der Waals surface area contributed by atoms with E-state index >= 15 is 0 Å². The van der Waals surface area contributed by atoms with Crippen LogP contribution in [-0.4, -0.2) is 42.9 Å². The fourth-order valence-corrected chi connectivity index (χ4v) is 2.30. The number of likely N-dealkylation sites (N-methyl/N-ethyl adjacent to an activating group) is 1. The first-order chi connectivity index (χ1) is 8.11. The first kappa shape index (κ1) is 14.0. The number of likely N-dealkylation sites (tertiary alicyclic amines) is 1. The monoisotopic (exact) mass is 241 g/mol. The Hall–Kier alpha value is -1.10. The lowest BCUT2D eigenvalue weighted by atomic mass is 10.0. The Morgan fingerprint density at radius 2 is 2.24 bits per heavy atom. The third kappa shape index (κ3) is 3.43. The van der Waals surface area contributed by atoms with E-state index in [2.05, 4.69) is 5.32 Å². The number of carbonyl (C=O) groups excluding carboxylic acids is 2. The molecule has 1 saturated heterocycles. The molecule has 2 amide bonds. The minimum absolute atomic E-state index is 0.0381. The van der Waals surface area contributed by atoms with E-state index in [9.17, 15) is 9.59 Å². The van der Waals surface area contributed by atoms with Crippen LogP contribution >= 0.6 is 0 Å². The van der Waals surface area contributed by atoms with Gasteiger partial charge in [0.1, 0.15) is 6.04 Å². The molecule has 0 spiro atoms. The molecule has 0 aromatic carbocycles. The maximum atomic E-state index is 12.2. The standard InChI is InChI=1S/C12H23N3O2/c1-9(5-3-7-13)12(17)15-8-4-6-10(15)11(16)14-2/h9-10H,3-8,13H2,1-2H3,(H,14,16). The van der Waals surface area contributed by atoms with Gasteiger partial charge >= 0.3 is 0 Å². The Labute approximate surface area is 103 Å². The van der Waals surface area contributed by atoms with E-state index in [1.807, 2.05) is 6.92 Å². The average Bonchev–Trinajstić information content (AvgIpc) is 2.82. The smallest absolute Gasteiger partial charge is 0.242 e. The van der Waals surface area contributed by atoms with Crippen LogP contribution < -0.4 is 11.1 Å². The quantitative estimate of drug-likeness (QED) is 0.716. The van der Waals surface area contributed by atoms with E-state index in [0.29, 0.717) is 13.1 Å². The predicted molar refractivity (Wildman–Crippen MR) is 66.3 cm³/mol. The van der Waals surface area contributed by atoms with Crippen LogP contribution in [0.5, 0.6) is 0 Å². The van der Waals surface area contributed by atoms with Gasteiger partial charge in [-0.2, -0.15) is 0 Å². The molecule has 2 unspecified atom stereocenters. The summed E-state index contributed by atoms with van der Waals surface area (Å²) in [4.78, 5) is 25.5. The molecule has 17 heavy (non-hydrogen) atoms. The van der Waals surface area contributed by atoms with E-state index in [-0.39, 0.29) is 23.8 Å². The summed E-state index contributed by atoms with van der Waals surface area (Å²) in [6, 6.07) is -0.271. The van der Waals surface area contributed by atoms with E-state index in [4.69, 9.17) is 5.73 Å². The van der Waals surface area contributed by atoms with Crippen molar-refractivity contribution < 1.29 is 9.59 Å². The Balaban J connectivity index is 2.58. The van der Waals surface area contributed by atoms with Gasteiger partial charge in [0.2, 0.25) is 11.8 Å². The fraction of sp³-hybridized carbons (Fsp3) is 0.833. The van der Waals surface area contributed by atoms with Crippen LogP contribution in [0.1, 0.15) is 32.6 Å². The van der Waals surface area contributed by atoms with Crippen molar-refractivity contribution in [2.75, 3.05) is 20.1 Å². The lowest BCUT2D eigenvalue weighted by Crippen LogP contribution is -2.46. The third-order valence-corrected chi connectivity index (χ3v) is 3.35. The van der Waals surface area contributed by atoms with Crippen molar-refractivity contribution in [2.24, 2.45) is 11.7 Å². The summed E-state index contributed by atoms with van der Waals surface area (Å²) in [5.41, 5.74) is 5.44. The molecule has 0 saturated carbocycles. The zero-order chi connectivity index (χ0) is 12.8. The minimum atomic E-state index is -0.271. The molecule has 0 bridgehead atoms. The number of nitrogens with two attached hydrogens (primary N) is 1. The highest BCUT2D eigenvalue weighted by molar-refractivity contribution is 5.88. The number of hydrogen-bond donors (Lipinski definition) is 2. The van der Waals surface area contributed by atoms with Gasteiger partial charge in [0.25, 0.3) is 0 Å². The van der Waals surface area contributed by atoms with Crippen LogP contribution in [0, 0.1) is 5.92 Å².